The predicted octanol–water partition coefficient (Wildman–Crippen LogP) is 2.86. The van der Waals surface area contributed by atoms with Gasteiger partial charge in [-0.1, -0.05) is 0 Å². The van der Waals surface area contributed by atoms with Gasteiger partial charge >= 0.3 is 0 Å². The van der Waals surface area contributed by atoms with Gasteiger partial charge in [0.15, 0.2) is 0 Å². The molecule has 1 unspecified atom stereocenters. The van der Waals surface area contributed by atoms with Crippen molar-refractivity contribution < 1.29 is 17.9 Å². The van der Waals surface area contributed by atoms with E-state index in [-0.39, 0.29) is 11.3 Å². The number of methoxy groups -OCH3 is 1. The molecule has 0 aromatic heterocycles. The maximum atomic E-state index is 13.3. The van der Waals surface area contributed by atoms with Crippen molar-refractivity contribution in [2.24, 2.45) is 0 Å². The molecule has 0 heterocycles. The molecule has 6 heteroatoms. The summed E-state index contributed by atoms with van der Waals surface area (Å²) in [5, 5.41) is 2.69. The molecule has 3 N–H and O–H groups in total. The first-order valence-electron chi connectivity index (χ1n) is 4.57. The first kappa shape index (κ1) is 12.6. The summed E-state index contributed by atoms with van der Waals surface area (Å²) in [6.45, 7) is 0. The molecule has 0 radical (unpaired) electrons. The van der Waals surface area contributed by atoms with Crippen LogP contribution >= 0.6 is 0 Å². The molecular formula is C10H13F3N2O. The van der Waals surface area contributed by atoms with Gasteiger partial charge in [-0.25, -0.2) is 13.2 Å². The molecule has 1 aromatic carbocycles. The van der Waals surface area contributed by atoms with Crippen molar-refractivity contribution in [2.45, 2.75) is 12.8 Å². The number of nitrogens with one attached hydrogen (secondary N) is 1. The molecule has 0 aliphatic heterocycles. The summed E-state index contributed by atoms with van der Waals surface area (Å²) >= 11 is 0. The number of ether oxygens (including phenoxy) is 1. The number of hydrogen-bond acceptors (Lipinski definition) is 3. The summed E-state index contributed by atoms with van der Waals surface area (Å²) in [7, 11) is 2.67. The van der Waals surface area contributed by atoms with Gasteiger partial charge in [-0.2, -0.15) is 0 Å². The second kappa shape index (κ2) is 5.07. The first-order chi connectivity index (χ1) is 7.51. The second-order valence-corrected chi connectivity index (χ2v) is 3.17. The van der Waals surface area contributed by atoms with E-state index in [2.05, 4.69) is 10.1 Å². The van der Waals surface area contributed by atoms with E-state index < -0.39 is 18.3 Å². The lowest BCUT2D eigenvalue weighted by Crippen LogP contribution is -2.05. The van der Waals surface area contributed by atoms with Crippen LogP contribution in [-0.4, -0.2) is 14.2 Å². The molecule has 90 valence electrons. The molecule has 16 heavy (non-hydrogen) atoms. The topological polar surface area (TPSA) is 47.3 Å². The van der Waals surface area contributed by atoms with Crippen LogP contribution in [0.15, 0.2) is 12.1 Å². The summed E-state index contributed by atoms with van der Waals surface area (Å²) in [6.07, 6.45) is -4.69. The van der Waals surface area contributed by atoms with Crippen molar-refractivity contribution >= 4 is 11.4 Å². The number of anilines is 2. The molecular weight excluding hydrogens is 221 g/mol. The van der Waals surface area contributed by atoms with Gasteiger partial charge in [0.2, 0.25) is 6.36 Å². The van der Waals surface area contributed by atoms with Gasteiger partial charge in [0, 0.05) is 25.3 Å². The van der Waals surface area contributed by atoms with Crippen LogP contribution in [0.5, 0.6) is 0 Å². The van der Waals surface area contributed by atoms with E-state index in [1.54, 1.807) is 7.05 Å². The smallest absolute Gasteiger partial charge is 0.264 e. The highest BCUT2D eigenvalue weighted by molar-refractivity contribution is 5.68. The summed E-state index contributed by atoms with van der Waals surface area (Å²) in [5.74, 6) is 0. The lowest BCUT2D eigenvalue weighted by molar-refractivity contribution is -0.00961. The Morgan fingerprint density at radius 3 is 2.31 bits per heavy atom. The Hall–Kier alpha value is -1.43. The van der Waals surface area contributed by atoms with Crippen molar-refractivity contribution in [3.05, 3.63) is 23.3 Å². The van der Waals surface area contributed by atoms with E-state index in [1.807, 2.05) is 0 Å². The van der Waals surface area contributed by atoms with E-state index in [9.17, 15) is 13.2 Å². The predicted molar refractivity (Wildman–Crippen MR) is 56.2 cm³/mol. The Kier molecular flexibility index (Phi) is 4.00. The lowest BCUT2D eigenvalue weighted by atomic mass is 10.1. The Morgan fingerprint density at radius 1 is 1.25 bits per heavy atom. The number of nitrogen functional groups attached to an aromatic ring is 1. The fraction of sp³-hybridized carbons (Fsp3) is 0.400. The molecule has 1 rings (SSSR count). The van der Waals surface area contributed by atoms with Gasteiger partial charge in [-0.3, -0.25) is 0 Å². The van der Waals surface area contributed by atoms with Crippen LogP contribution in [0.25, 0.3) is 0 Å². The normalized spacial score (nSPS) is 12.9. The highest BCUT2D eigenvalue weighted by Gasteiger charge is 2.21. The van der Waals surface area contributed by atoms with Crippen LogP contribution < -0.4 is 11.1 Å². The minimum atomic E-state index is -2.79. The van der Waals surface area contributed by atoms with Crippen molar-refractivity contribution in [1.82, 2.24) is 0 Å². The molecule has 0 bridgehead atoms. The lowest BCUT2D eigenvalue weighted by Gasteiger charge is -2.15. The summed E-state index contributed by atoms with van der Waals surface area (Å²) in [5.41, 5.74) is 5.39. The van der Waals surface area contributed by atoms with Crippen LogP contribution in [0.2, 0.25) is 0 Å². The number of halogens is 3. The molecule has 0 aliphatic carbocycles. The van der Waals surface area contributed by atoms with Crippen LogP contribution in [0.3, 0.4) is 0 Å². The Bertz CT molecular complexity index is 371. The van der Waals surface area contributed by atoms with Crippen LogP contribution in [0.4, 0.5) is 24.5 Å². The molecule has 1 atom stereocenters. The van der Waals surface area contributed by atoms with E-state index in [0.717, 1.165) is 13.2 Å². The first-order valence-corrected chi connectivity index (χ1v) is 4.57. The average Bonchev–Trinajstić information content (AvgIpc) is 2.27. The zero-order valence-corrected chi connectivity index (χ0v) is 8.93. The minimum Gasteiger partial charge on any atom is -0.397 e. The number of hydrogen-bond donors (Lipinski definition) is 2. The zero-order chi connectivity index (χ0) is 12.3. The zero-order valence-electron chi connectivity index (χ0n) is 8.93. The fourth-order valence-corrected chi connectivity index (χ4v) is 1.38. The van der Waals surface area contributed by atoms with Crippen LogP contribution in [-0.2, 0) is 4.74 Å². The largest absolute Gasteiger partial charge is 0.397 e. The number of nitrogens with two attached hydrogens (primary N) is 1. The number of alkyl halides is 3. The van der Waals surface area contributed by atoms with Gasteiger partial charge in [-0.05, 0) is 12.1 Å². The second-order valence-electron chi connectivity index (χ2n) is 3.17. The fourth-order valence-electron chi connectivity index (χ4n) is 1.38. The highest BCUT2D eigenvalue weighted by atomic mass is 19.3. The van der Waals surface area contributed by atoms with Crippen molar-refractivity contribution in [1.29, 1.82) is 0 Å². The summed E-state index contributed by atoms with van der Waals surface area (Å²) < 4.78 is 43.0. The standard InChI is InChI=1S/C10H13F3N2O/c1-15-8-4-6(10(13)16-2)5(9(11)12)3-7(8)14/h3-4,9-10,15H,14H2,1-2H3. The number of rotatable bonds is 4. The van der Waals surface area contributed by atoms with Crippen molar-refractivity contribution in [3.63, 3.8) is 0 Å². The monoisotopic (exact) mass is 234 g/mol. The molecule has 0 amide bonds. The van der Waals surface area contributed by atoms with Crippen molar-refractivity contribution in [2.75, 3.05) is 25.2 Å². The molecule has 0 saturated heterocycles. The van der Waals surface area contributed by atoms with E-state index >= 15 is 0 Å². The summed E-state index contributed by atoms with van der Waals surface area (Å²) in [4.78, 5) is 0. The third-order valence-corrected chi connectivity index (χ3v) is 2.21. The van der Waals surface area contributed by atoms with E-state index in [1.165, 1.54) is 6.07 Å². The average molecular weight is 234 g/mol. The molecule has 0 fully saturated rings. The quantitative estimate of drug-likeness (QED) is 0.787. The molecule has 3 nitrogen and oxygen atoms in total. The third-order valence-electron chi connectivity index (χ3n) is 2.21. The third kappa shape index (κ3) is 2.38. The van der Waals surface area contributed by atoms with Crippen LogP contribution in [0, 0.1) is 0 Å². The van der Waals surface area contributed by atoms with E-state index in [0.29, 0.717) is 5.69 Å². The number of benzene rings is 1. The van der Waals surface area contributed by atoms with Gasteiger partial charge in [-0.15, -0.1) is 0 Å². The molecule has 1 aromatic rings. The minimum absolute atomic E-state index is 0.143. The maximum Gasteiger partial charge on any atom is 0.264 e. The Labute approximate surface area is 91.4 Å². The maximum absolute atomic E-state index is 13.3. The molecule has 0 aliphatic rings. The Morgan fingerprint density at radius 2 is 1.88 bits per heavy atom. The molecule has 0 spiro atoms. The SMILES string of the molecule is CNc1cc(C(F)OC)c(C(F)F)cc1N. The Balaban J connectivity index is 3.30. The van der Waals surface area contributed by atoms with Gasteiger partial charge in [0.25, 0.3) is 6.43 Å². The summed E-state index contributed by atoms with van der Waals surface area (Å²) in [6, 6.07) is 2.28. The van der Waals surface area contributed by atoms with Gasteiger partial charge < -0.3 is 15.8 Å². The van der Waals surface area contributed by atoms with Gasteiger partial charge in [0.1, 0.15) is 0 Å². The van der Waals surface area contributed by atoms with Gasteiger partial charge in [0.05, 0.1) is 11.4 Å². The van der Waals surface area contributed by atoms with Crippen LogP contribution in [0.1, 0.15) is 23.9 Å². The van der Waals surface area contributed by atoms with E-state index in [4.69, 9.17) is 5.73 Å². The molecule has 0 saturated carbocycles. The highest BCUT2D eigenvalue weighted by Crippen LogP contribution is 2.35. The van der Waals surface area contributed by atoms with Crippen molar-refractivity contribution in [3.8, 4) is 0 Å².